The van der Waals surface area contributed by atoms with E-state index in [1.165, 1.54) is 25.5 Å². The smallest absolute Gasteiger partial charge is 0.254 e. The van der Waals surface area contributed by atoms with Crippen LogP contribution in [0.2, 0.25) is 0 Å². The van der Waals surface area contributed by atoms with Gasteiger partial charge >= 0.3 is 0 Å². The Balaban J connectivity index is 1.68. The molecule has 1 aromatic heterocycles. The van der Waals surface area contributed by atoms with Gasteiger partial charge in [-0.15, -0.1) is 0 Å². The van der Waals surface area contributed by atoms with Crippen LogP contribution >= 0.6 is 0 Å². The van der Waals surface area contributed by atoms with E-state index in [-0.39, 0.29) is 23.4 Å². The molecule has 8 nitrogen and oxygen atoms in total. The number of rotatable bonds is 6. The molecule has 1 heterocycles. The van der Waals surface area contributed by atoms with Crippen molar-refractivity contribution in [1.29, 1.82) is 0 Å². The van der Waals surface area contributed by atoms with Gasteiger partial charge in [0.2, 0.25) is 11.9 Å². The molecule has 26 heavy (non-hydrogen) atoms. The predicted molar refractivity (Wildman–Crippen MR) is 99.6 cm³/mol. The number of anilines is 2. The Kier molecular flexibility index (Phi) is 5.90. The van der Waals surface area contributed by atoms with Crippen LogP contribution < -0.4 is 22.1 Å². The minimum atomic E-state index is -0.553. The second kappa shape index (κ2) is 8.33. The molecule has 3 rings (SSSR count). The van der Waals surface area contributed by atoms with E-state index in [1.807, 2.05) is 0 Å². The van der Waals surface area contributed by atoms with Crippen LogP contribution in [-0.2, 0) is 4.79 Å². The zero-order valence-corrected chi connectivity index (χ0v) is 15.0. The van der Waals surface area contributed by atoms with Crippen LogP contribution in [-0.4, -0.2) is 33.9 Å². The van der Waals surface area contributed by atoms with Crippen LogP contribution in [0.15, 0.2) is 6.20 Å². The minimum absolute atomic E-state index is 0.0578. The van der Waals surface area contributed by atoms with Gasteiger partial charge in [-0.3, -0.25) is 9.59 Å². The van der Waals surface area contributed by atoms with Gasteiger partial charge in [0.05, 0.1) is 5.56 Å². The summed E-state index contributed by atoms with van der Waals surface area (Å²) in [5, 5.41) is 6.69. The first kappa shape index (κ1) is 18.4. The van der Waals surface area contributed by atoms with Crippen molar-refractivity contribution in [2.75, 3.05) is 10.6 Å². The highest BCUT2D eigenvalue weighted by Crippen LogP contribution is 2.27. The second-order valence-corrected chi connectivity index (χ2v) is 7.39. The van der Waals surface area contributed by atoms with E-state index >= 15 is 0 Å². The standard InChI is InChI=1S/C18H28N6O2/c19-15(25)11-6-8-13(9-7-11)22-17-14(16(20)26)10-21-18(24-17)23-12-4-2-1-3-5-12/h10-13H,1-9H2,(H2,19,25)(H2,20,26)(H2,21,22,23,24)/t11-,13-. The molecular formula is C18H28N6O2. The Morgan fingerprint density at radius 2 is 1.58 bits per heavy atom. The highest BCUT2D eigenvalue weighted by molar-refractivity contribution is 5.97. The number of hydrogen-bond donors (Lipinski definition) is 4. The molecule has 2 amide bonds. The maximum absolute atomic E-state index is 11.7. The summed E-state index contributed by atoms with van der Waals surface area (Å²) in [6, 6.07) is 0.517. The Morgan fingerprint density at radius 1 is 0.923 bits per heavy atom. The van der Waals surface area contributed by atoms with Gasteiger partial charge < -0.3 is 22.1 Å². The van der Waals surface area contributed by atoms with Gasteiger partial charge in [-0.05, 0) is 38.5 Å². The highest BCUT2D eigenvalue weighted by atomic mass is 16.1. The Hall–Kier alpha value is -2.38. The molecule has 0 unspecified atom stereocenters. The number of carbonyl (C=O) groups is 2. The van der Waals surface area contributed by atoms with Gasteiger partial charge in [0, 0.05) is 24.2 Å². The molecule has 0 radical (unpaired) electrons. The number of nitrogens with zero attached hydrogens (tertiary/aromatic N) is 2. The third-order valence-corrected chi connectivity index (χ3v) is 5.46. The quantitative estimate of drug-likeness (QED) is 0.610. The van der Waals surface area contributed by atoms with E-state index in [0.717, 1.165) is 38.5 Å². The molecule has 0 spiro atoms. The summed E-state index contributed by atoms with van der Waals surface area (Å²) in [6.45, 7) is 0. The molecule has 0 bridgehead atoms. The summed E-state index contributed by atoms with van der Waals surface area (Å²) in [5.74, 6) is 0.144. The van der Waals surface area contributed by atoms with E-state index in [4.69, 9.17) is 11.5 Å². The lowest BCUT2D eigenvalue weighted by atomic mass is 9.85. The van der Waals surface area contributed by atoms with Crippen LogP contribution in [0, 0.1) is 5.92 Å². The Morgan fingerprint density at radius 3 is 2.19 bits per heavy atom. The van der Waals surface area contributed by atoms with Crippen molar-refractivity contribution < 1.29 is 9.59 Å². The molecule has 0 atom stereocenters. The van der Waals surface area contributed by atoms with E-state index in [9.17, 15) is 9.59 Å². The zero-order valence-electron chi connectivity index (χ0n) is 15.0. The van der Waals surface area contributed by atoms with E-state index < -0.39 is 5.91 Å². The first-order valence-electron chi connectivity index (χ1n) is 9.52. The lowest BCUT2D eigenvalue weighted by Crippen LogP contribution is -2.33. The van der Waals surface area contributed by atoms with Crippen molar-refractivity contribution in [3.8, 4) is 0 Å². The average molecular weight is 360 g/mol. The molecule has 1 aromatic rings. The Labute approximate surface area is 153 Å². The van der Waals surface area contributed by atoms with E-state index in [2.05, 4.69) is 20.6 Å². The zero-order chi connectivity index (χ0) is 18.5. The number of nitrogens with two attached hydrogens (primary N) is 2. The van der Waals surface area contributed by atoms with E-state index in [1.54, 1.807) is 0 Å². The topological polar surface area (TPSA) is 136 Å². The maximum Gasteiger partial charge on any atom is 0.254 e. The van der Waals surface area contributed by atoms with Crippen LogP contribution in [0.5, 0.6) is 0 Å². The number of hydrogen-bond acceptors (Lipinski definition) is 6. The largest absolute Gasteiger partial charge is 0.369 e. The number of amides is 2. The molecule has 0 saturated heterocycles. The Bertz CT molecular complexity index is 651. The van der Waals surface area contributed by atoms with Crippen molar-refractivity contribution in [2.24, 2.45) is 17.4 Å². The van der Waals surface area contributed by atoms with Gasteiger partial charge in [-0.1, -0.05) is 19.3 Å². The lowest BCUT2D eigenvalue weighted by molar-refractivity contribution is -0.122. The summed E-state index contributed by atoms with van der Waals surface area (Å²) < 4.78 is 0. The van der Waals surface area contributed by atoms with Gasteiger partial charge in [0.15, 0.2) is 0 Å². The summed E-state index contributed by atoms with van der Waals surface area (Å²) >= 11 is 0. The summed E-state index contributed by atoms with van der Waals surface area (Å²) in [5.41, 5.74) is 11.2. The van der Waals surface area contributed by atoms with Gasteiger partial charge in [-0.25, -0.2) is 4.98 Å². The van der Waals surface area contributed by atoms with Gasteiger partial charge in [0.1, 0.15) is 5.82 Å². The number of nitrogens with one attached hydrogen (secondary N) is 2. The molecule has 2 saturated carbocycles. The highest BCUT2D eigenvalue weighted by Gasteiger charge is 2.26. The first-order chi connectivity index (χ1) is 12.5. The number of carbonyl (C=O) groups excluding carboxylic acids is 2. The average Bonchev–Trinajstić information content (AvgIpc) is 2.63. The fourth-order valence-electron chi connectivity index (χ4n) is 3.89. The second-order valence-electron chi connectivity index (χ2n) is 7.39. The summed E-state index contributed by atoms with van der Waals surface area (Å²) in [7, 11) is 0. The number of primary amides is 2. The van der Waals surface area contributed by atoms with Crippen LogP contribution in [0.25, 0.3) is 0 Å². The van der Waals surface area contributed by atoms with Gasteiger partial charge in [-0.2, -0.15) is 4.98 Å². The third-order valence-electron chi connectivity index (χ3n) is 5.46. The number of aromatic nitrogens is 2. The summed E-state index contributed by atoms with van der Waals surface area (Å²) in [4.78, 5) is 31.8. The first-order valence-corrected chi connectivity index (χ1v) is 9.52. The molecule has 0 aliphatic heterocycles. The monoisotopic (exact) mass is 360 g/mol. The molecule has 2 aliphatic carbocycles. The SMILES string of the molecule is NC(=O)c1cnc(NC2CCCCC2)nc1N[C@H]1CC[C@H](C(N)=O)CC1. The molecule has 8 heteroatoms. The van der Waals surface area contributed by atoms with Crippen molar-refractivity contribution in [3.05, 3.63) is 11.8 Å². The molecule has 6 N–H and O–H groups in total. The van der Waals surface area contributed by atoms with Crippen molar-refractivity contribution in [3.63, 3.8) is 0 Å². The predicted octanol–water partition coefficient (Wildman–Crippen LogP) is 1.78. The van der Waals surface area contributed by atoms with Gasteiger partial charge in [0.25, 0.3) is 5.91 Å². The lowest BCUT2D eigenvalue weighted by Gasteiger charge is -2.28. The fraction of sp³-hybridized carbons (Fsp3) is 0.667. The van der Waals surface area contributed by atoms with Crippen LogP contribution in [0.3, 0.4) is 0 Å². The normalized spacial score (nSPS) is 24.0. The minimum Gasteiger partial charge on any atom is -0.369 e. The van der Waals surface area contributed by atoms with E-state index in [0.29, 0.717) is 17.8 Å². The fourth-order valence-corrected chi connectivity index (χ4v) is 3.89. The van der Waals surface area contributed by atoms with Crippen molar-refractivity contribution in [1.82, 2.24) is 9.97 Å². The molecule has 2 fully saturated rings. The molecule has 142 valence electrons. The molecular weight excluding hydrogens is 332 g/mol. The molecule has 0 aromatic carbocycles. The summed E-state index contributed by atoms with van der Waals surface area (Å²) in [6.07, 6.45) is 10.5. The van der Waals surface area contributed by atoms with Crippen molar-refractivity contribution in [2.45, 2.75) is 69.9 Å². The van der Waals surface area contributed by atoms with Crippen LogP contribution in [0.4, 0.5) is 11.8 Å². The maximum atomic E-state index is 11.7. The third kappa shape index (κ3) is 4.62. The van der Waals surface area contributed by atoms with Crippen molar-refractivity contribution >= 4 is 23.6 Å². The molecule has 2 aliphatic rings. The van der Waals surface area contributed by atoms with Crippen LogP contribution in [0.1, 0.15) is 68.1 Å².